The van der Waals surface area contributed by atoms with Gasteiger partial charge in [0.05, 0.1) is 17.5 Å². The average molecular weight is 358 g/mol. The first-order valence-electron chi connectivity index (χ1n) is 8.35. The van der Waals surface area contributed by atoms with Crippen molar-refractivity contribution >= 4 is 41.0 Å². The number of rotatable bonds is 4. The van der Waals surface area contributed by atoms with E-state index in [0.717, 1.165) is 22.0 Å². The first-order valence-corrected chi connectivity index (χ1v) is 9.33. The molecule has 2 heterocycles. The van der Waals surface area contributed by atoms with Gasteiger partial charge in [0, 0.05) is 18.1 Å². The van der Waals surface area contributed by atoms with Gasteiger partial charge < -0.3 is 13.7 Å². The third kappa shape index (κ3) is 3.86. The molecule has 6 heteroatoms. The minimum atomic E-state index is -0.461. The molecule has 25 heavy (non-hydrogen) atoms. The van der Waals surface area contributed by atoms with E-state index in [-0.39, 0.29) is 5.12 Å². The molecular formula is C19H23BO4S. The number of benzene rings is 1. The molecule has 1 aromatic carbocycles. The second-order valence-electron chi connectivity index (χ2n) is 7.31. The number of fused-ring (bicyclic) bond motifs is 1. The predicted octanol–water partition coefficient (Wildman–Crippen LogP) is 4.73. The van der Waals surface area contributed by atoms with Gasteiger partial charge in [-0.1, -0.05) is 23.9 Å². The molecule has 0 unspecified atom stereocenters. The van der Waals surface area contributed by atoms with Crippen molar-refractivity contribution < 1.29 is 18.5 Å². The summed E-state index contributed by atoms with van der Waals surface area (Å²) in [5.41, 5.74) is 2.01. The summed E-state index contributed by atoms with van der Waals surface area (Å²) < 4.78 is 17.7. The summed E-state index contributed by atoms with van der Waals surface area (Å²) in [6, 6.07) is 7.94. The van der Waals surface area contributed by atoms with E-state index in [1.54, 1.807) is 13.2 Å². The molecule has 2 aromatic rings. The van der Waals surface area contributed by atoms with Crippen LogP contribution in [0.5, 0.6) is 0 Å². The van der Waals surface area contributed by atoms with Crippen LogP contribution in [0, 0.1) is 0 Å². The zero-order valence-electron chi connectivity index (χ0n) is 15.3. The summed E-state index contributed by atoms with van der Waals surface area (Å²) >= 11 is 1.27. The lowest BCUT2D eigenvalue weighted by molar-refractivity contribution is -0.109. The Labute approximate surface area is 153 Å². The van der Waals surface area contributed by atoms with Crippen molar-refractivity contribution in [1.82, 2.24) is 0 Å². The average Bonchev–Trinajstić information content (AvgIpc) is 3.05. The van der Waals surface area contributed by atoms with E-state index in [1.165, 1.54) is 11.8 Å². The topological polar surface area (TPSA) is 48.7 Å². The lowest BCUT2D eigenvalue weighted by Gasteiger charge is -2.32. The van der Waals surface area contributed by atoms with Crippen LogP contribution in [0.1, 0.15) is 40.2 Å². The SMILES string of the molecule is CC(=O)SCC(=Cc1ccc2occc2c1)B1OC(C)(C)C(C)(C)O1. The van der Waals surface area contributed by atoms with Gasteiger partial charge >= 0.3 is 7.12 Å². The third-order valence-electron chi connectivity index (χ3n) is 4.83. The summed E-state index contributed by atoms with van der Waals surface area (Å²) in [6.45, 7) is 9.69. The van der Waals surface area contributed by atoms with Crippen LogP contribution < -0.4 is 0 Å². The predicted molar refractivity (Wildman–Crippen MR) is 103 cm³/mol. The normalized spacial score (nSPS) is 19.6. The van der Waals surface area contributed by atoms with E-state index in [9.17, 15) is 4.79 Å². The summed E-state index contributed by atoms with van der Waals surface area (Å²) in [4.78, 5) is 11.5. The molecule has 0 N–H and O–H groups in total. The molecule has 1 aliphatic heterocycles. The Morgan fingerprint density at radius 1 is 1.16 bits per heavy atom. The van der Waals surface area contributed by atoms with Gasteiger partial charge in [-0.3, -0.25) is 4.79 Å². The molecule has 1 saturated heterocycles. The Hall–Kier alpha value is -1.50. The van der Waals surface area contributed by atoms with Crippen LogP contribution in [0.3, 0.4) is 0 Å². The first kappa shape index (κ1) is 18.3. The van der Waals surface area contributed by atoms with Gasteiger partial charge in [-0.2, -0.15) is 0 Å². The highest BCUT2D eigenvalue weighted by Gasteiger charge is 2.52. The minimum absolute atomic E-state index is 0.0766. The van der Waals surface area contributed by atoms with Crippen molar-refractivity contribution in [2.75, 3.05) is 5.75 Å². The van der Waals surface area contributed by atoms with Crippen LogP contribution in [0.2, 0.25) is 0 Å². The van der Waals surface area contributed by atoms with Crippen LogP contribution in [-0.2, 0) is 14.1 Å². The van der Waals surface area contributed by atoms with E-state index in [2.05, 4.69) is 6.07 Å². The van der Waals surface area contributed by atoms with E-state index in [0.29, 0.717) is 5.75 Å². The van der Waals surface area contributed by atoms with Gasteiger partial charge in [0.15, 0.2) is 5.12 Å². The van der Waals surface area contributed by atoms with Crippen LogP contribution in [0.4, 0.5) is 0 Å². The maximum atomic E-state index is 11.5. The Morgan fingerprint density at radius 3 is 2.48 bits per heavy atom. The van der Waals surface area contributed by atoms with Gasteiger partial charge in [-0.05, 0) is 56.9 Å². The van der Waals surface area contributed by atoms with Crippen molar-refractivity contribution in [1.29, 1.82) is 0 Å². The Balaban J connectivity index is 1.92. The third-order valence-corrected chi connectivity index (χ3v) is 5.71. The van der Waals surface area contributed by atoms with Crippen LogP contribution >= 0.6 is 11.8 Å². The zero-order valence-corrected chi connectivity index (χ0v) is 16.1. The van der Waals surface area contributed by atoms with E-state index in [1.807, 2.05) is 52.0 Å². The lowest BCUT2D eigenvalue weighted by Crippen LogP contribution is -2.41. The summed E-state index contributed by atoms with van der Waals surface area (Å²) in [6.07, 6.45) is 3.73. The molecule has 132 valence electrons. The number of carbonyl (C=O) groups excluding carboxylic acids is 1. The molecule has 4 nitrogen and oxygen atoms in total. The lowest BCUT2D eigenvalue weighted by atomic mass is 9.78. The fourth-order valence-corrected chi connectivity index (χ4v) is 3.24. The molecule has 0 atom stereocenters. The maximum absolute atomic E-state index is 11.5. The summed E-state index contributed by atoms with van der Waals surface area (Å²) in [5, 5.41) is 1.12. The van der Waals surface area contributed by atoms with Crippen molar-refractivity contribution in [2.45, 2.75) is 45.8 Å². The van der Waals surface area contributed by atoms with Crippen LogP contribution in [-0.4, -0.2) is 29.2 Å². The zero-order chi connectivity index (χ0) is 18.2. The van der Waals surface area contributed by atoms with E-state index >= 15 is 0 Å². The fraction of sp³-hybridized carbons (Fsp3) is 0.421. The molecule has 0 aliphatic carbocycles. The van der Waals surface area contributed by atoms with Crippen molar-refractivity contribution in [3.8, 4) is 0 Å². The molecule has 0 bridgehead atoms. The second kappa shape index (κ2) is 6.67. The van der Waals surface area contributed by atoms with Gasteiger partial charge in [0.25, 0.3) is 0 Å². The molecule has 1 aromatic heterocycles. The van der Waals surface area contributed by atoms with Gasteiger partial charge in [0.2, 0.25) is 0 Å². The number of hydrogen-bond donors (Lipinski definition) is 0. The number of furan rings is 1. The standard InChI is InChI=1S/C19H23BO4S/c1-13(21)25-12-16(20-23-18(2,3)19(4,5)24-20)11-14-6-7-17-15(10-14)8-9-22-17/h6-11H,12H2,1-5H3. The largest absolute Gasteiger partial charge is 0.491 e. The Bertz CT molecular complexity index is 806. The number of hydrogen-bond acceptors (Lipinski definition) is 5. The molecule has 1 aliphatic rings. The quantitative estimate of drug-likeness (QED) is 0.740. The first-order chi connectivity index (χ1) is 11.7. The second-order valence-corrected chi connectivity index (χ2v) is 8.46. The summed E-state index contributed by atoms with van der Waals surface area (Å²) in [7, 11) is -0.461. The molecule has 1 fully saturated rings. The molecular weight excluding hydrogens is 335 g/mol. The van der Waals surface area contributed by atoms with Crippen molar-refractivity contribution in [3.05, 3.63) is 41.6 Å². The van der Waals surface area contributed by atoms with Crippen molar-refractivity contribution in [2.24, 2.45) is 0 Å². The monoisotopic (exact) mass is 358 g/mol. The Morgan fingerprint density at radius 2 is 1.84 bits per heavy atom. The highest BCUT2D eigenvalue weighted by molar-refractivity contribution is 8.13. The number of thioether (sulfide) groups is 1. The highest BCUT2D eigenvalue weighted by atomic mass is 32.2. The minimum Gasteiger partial charge on any atom is -0.464 e. The van der Waals surface area contributed by atoms with E-state index in [4.69, 9.17) is 13.7 Å². The van der Waals surface area contributed by atoms with Crippen LogP contribution in [0.15, 0.2) is 40.4 Å². The molecule has 3 rings (SSSR count). The maximum Gasteiger partial charge on any atom is 0.491 e. The van der Waals surface area contributed by atoms with E-state index < -0.39 is 18.3 Å². The molecule has 0 amide bonds. The van der Waals surface area contributed by atoms with Gasteiger partial charge in [-0.15, -0.1) is 0 Å². The van der Waals surface area contributed by atoms with Gasteiger partial charge in [0.1, 0.15) is 5.58 Å². The molecule has 0 saturated carbocycles. The van der Waals surface area contributed by atoms with Gasteiger partial charge in [-0.25, -0.2) is 0 Å². The molecule has 0 spiro atoms. The van der Waals surface area contributed by atoms with Crippen LogP contribution in [0.25, 0.3) is 17.0 Å². The smallest absolute Gasteiger partial charge is 0.464 e. The fourth-order valence-electron chi connectivity index (χ4n) is 2.65. The molecule has 0 radical (unpaired) electrons. The Kier molecular flexibility index (Phi) is 4.88. The number of carbonyl (C=O) groups is 1. The van der Waals surface area contributed by atoms with Crippen molar-refractivity contribution in [3.63, 3.8) is 0 Å². The summed E-state index contributed by atoms with van der Waals surface area (Å²) in [5.74, 6) is 0.537. The highest BCUT2D eigenvalue weighted by Crippen LogP contribution is 2.39.